The molecule has 5 nitrogen and oxygen atoms in total. The van der Waals surface area contributed by atoms with Gasteiger partial charge in [0.1, 0.15) is 6.10 Å². The highest BCUT2D eigenvalue weighted by molar-refractivity contribution is 6.05. The smallest absolute Gasteiger partial charge is 0.311 e. The third-order valence-corrected chi connectivity index (χ3v) is 6.78. The maximum absolute atomic E-state index is 12.7. The maximum atomic E-state index is 12.7. The van der Waals surface area contributed by atoms with Gasteiger partial charge in [0, 0.05) is 49.6 Å². The highest BCUT2D eigenvalue weighted by atomic mass is 16.6. The molecule has 136 valence electrons. The summed E-state index contributed by atoms with van der Waals surface area (Å²) in [5, 5.41) is 0. The van der Waals surface area contributed by atoms with Gasteiger partial charge in [0.2, 0.25) is 0 Å². The first-order valence-electron chi connectivity index (χ1n) is 9.45. The van der Waals surface area contributed by atoms with E-state index in [0.717, 1.165) is 56.7 Å². The zero-order valence-corrected chi connectivity index (χ0v) is 15.5. The molecule has 0 spiro atoms. The molecule has 0 radical (unpaired) electrons. The number of carbonyl (C=O) groups excluding carboxylic acids is 2. The minimum atomic E-state index is -0.211. The van der Waals surface area contributed by atoms with Crippen LogP contribution in [-0.4, -0.2) is 67.4 Å². The van der Waals surface area contributed by atoms with Crippen LogP contribution < -0.4 is 0 Å². The maximum Gasteiger partial charge on any atom is 0.311 e. The Morgan fingerprint density at radius 2 is 1.96 bits per heavy atom. The predicted octanol–water partition coefficient (Wildman–Crippen LogP) is 1.65. The number of rotatable bonds is 2. The molecule has 0 N–H and O–H groups in total. The quantitative estimate of drug-likeness (QED) is 0.713. The van der Waals surface area contributed by atoms with E-state index < -0.39 is 0 Å². The molecule has 4 aliphatic rings. The average molecular weight is 344 g/mol. The second-order valence-electron chi connectivity index (χ2n) is 8.42. The monoisotopic (exact) mass is 344 g/mol. The van der Waals surface area contributed by atoms with E-state index in [4.69, 9.17) is 4.74 Å². The van der Waals surface area contributed by atoms with Crippen LogP contribution in [0.1, 0.15) is 26.7 Å². The fourth-order valence-electron chi connectivity index (χ4n) is 5.09. The van der Waals surface area contributed by atoms with E-state index in [1.165, 1.54) is 0 Å². The number of likely N-dealkylation sites (N-methyl/N-ethyl adjacent to an activating group) is 1. The minimum absolute atomic E-state index is 0.0562. The Morgan fingerprint density at radius 1 is 1.24 bits per heavy atom. The van der Waals surface area contributed by atoms with Crippen LogP contribution in [0.5, 0.6) is 0 Å². The molecule has 0 bridgehead atoms. The second kappa shape index (κ2) is 6.06. The number of esters is 1. The van der Waals surface area contributed by atoms with E-state index >= 15 is 0 Å². The zero-order chi connectivity index (χ0) is 17.8. The highest BCUT2D eigenvalue weighted by Crippen LogP contribution is 2.53. The lowest BCUT2D eigenvalue weighted by molar-refractivity contribution is -0.144. The van der Waals surface area contributed by atoms with Crippen molar-refractivity contribution in [3.63, 3.8) is 0 Å². The lowest BCUT2D eigenvalue weighted by atomic mass is 9.61. The molecular formula is C20H28N2O3. The summed E-state index contributed by atoms with van der Waals surface area (Å²) >= 11 is 0. The lowest BCUT2D eigenvalue weighted by Crippen LogP contribution is -2.48. The van der Waals surface area contributed by atoms with Gasteiger partial charge in [0.05, 0.1) is 5.92 Å². The minimum Gasteiger partial charge on any atom is -0.457 e. The Labute approximate surface area is 149 Å². The van der Waals surface area contributed by atoms with Gasteiger partial charge in [0.15, 0.2) is 5.78 Å². The molecule has 2 saturated heterocycles. The fourth-order valence-corrected chi connectivity index (χ4v) is 5.09. The fraction of sp³-hybridized carbons (Fsp3) is 0.700. The Hall–Kier alpha value is -1.46. The average Bonchev–Trinajstić information content (AvgIpc) is 2.89. The van der Waals surface area contributed by atoms with Crippen LogP contribution in [-0.2, 0) is 14.3 Å². The van der Waals surface area contributed by atoms with Crippen molar-refractivity contribution in [2.24, 2.45) is 17.3 Å². The van der Waals surface area contributed by atoms with E-state index in [9.17, 15) is 9.59 Å². The number of carbonyl (C=O) groups is 2. The number of fused-ring (bicyclic) bond motifs is 3. The topological polar surface area (TPSA) is 49.9 Å². The molecule has 2 heterocycles. The molecule has 3 fully saturated rings. The van der Waals surface area contributed by atoms with E-state index in [-0.39, 0.29) is 35.1 Å². The molecule has 2 aliphatic heterocycles. The first kappa shape index (κ1) is 17.0. The summed E-state index contributed by atoms with van der Waals surface area (Å²) in [5.41, 5.74) is 1.71. The molecule has 0 amide bonds. The SMILES string of the molecule is CC1=C2[C@H]3OC(=O)C(CN4CCN(C)CC4)[C@@H]3CC[C@@]2(C)C=CC1=O. The molecule has 0 aromatic heterocycles. The molecule has 2 aliphatic carbocycles. The number of allylic oxidation sites excluding steroid dienone is 3. The van der Waals surface area contributed by atoms with Crippen LogP contribution >= 0.6 is 0 Å². The van der Waals surface area contributed by atoms with Gasteiger partial charge < -0.3 is 9.64 Å². The normalized spacial score (nSPS) is 39.4. The van der Waals surface area contributed by atoms with Crippen LogP contribution in [0, 0.1) is 17.3 Å². The largest absolute Gasteiger partial charge is 0.457 e. The number of hydrogen-bond donors (Lipinski definition) is 0. The number of nitrogens with zero attached hydrogens (tertiary/aromatic N) is 2. The van der Waals surface area contributed by atoms with Gasteiger partial charge in [-0.2, -0.15) is 0 Å². The summed E-state index contributed by atoms with van der Waals surface area (Å²) in [4.78, 5) is 29.6. The van der Waals surface area contributed by atoms with Crippen molar-refractivity contribution in [2.75, 3.05) is 39.8 Å². The van der Waals surface area contributed by atoms with Gasteiger partial charge in [-0.15, -0.1) is 0 Å². The van der Waals surface area contributed by atoms with Crippen LogP contribution in [0.15, 0.2) is 23.3 Å². The van der Waals surface area contributed by atoms with E-state index in [1.807, 2.05) is 13.0 Å². The van der Waals surface area contributed by atoms with Crippen molar-refractivity contribution in [2.45, 2.75) is 32.8 Å². The Kier molecular flexibility index (Phi) is 4.12. The van der Waals surface area contributed by atoms with Crippen molar-refractivity contribution >= 4 is 11.8 Å². The zero-order valence-electron chi connectivity index (χ0n) is 15.5. The molecule has 4 atom stereocenters. The molecular weight excluding hydrogens is 316 g/mol. The summed E-state index contributed by atoms with van der Waals surface area (Å²) in [7, 11) is 2.14. The van der Waals surface area contributed by atoms with Crippen molar-refractivity contribution in [3.8, 4) is 0 Å². The van der Waals surface area contributed by atoms with Crippen LogP contribution in [0.25, 0.3) is 0 Å². The molecule has 0 aromatic carbocycles. The predicted molar refractivity (Wildman–Crippen MR) is 95.0 cm³/mol. The van der Waals surface area contributed by atoms with E-state index in [0.29, 0.717) is 0 Å². The Morgan fingerprint density at radius 3 is 2.68 bits per heavy atom. The van der Waals surface area contributed by atoms with Gasteiger partial charge in [-0.25, -0.2) is 0 Å². The molecule has 25 heavy (non-hydrogen) atoms. The van der Waals surface area contributed by atoms with E-state index in [2.05, 4.69) is 23.8 Å². The molecule has 1 saturated carbocycles. The number of piperazine rings is 1. The first-order valence-corrected chi connectivity index (χ1v) is 9.45. The van der Waals surface area contributed by atoms with Gasteiger partial charge >= 0.3 is 5.97 Å². The molecule has 0 aromatic rings. The lowest BCUT2D eigenvalue weighted by Gasteiger charge is -2.43. The summed E-state index contributed by atoms with van der Waals surface area (Å²) < 4.78 is 5.87. The van der Waals surface area contributed by atoms with E-state index in [1.54, 1.807) is 6.08 Å². The Balaban J connectivity index is 1.56. The van der Waals surface area contributed by atoms with Crippen LogP contribution in [0.2, 0.25) is 0 Å². The molecule has 1 unspecified atom stereocenters. The van der Waals surface area contributed by atoms with Crippen molar-refractivity contribution in [3.05, 3.63) is 23.3 Å². The van der Waals surface area contributed by atoms with Crippen molar-refractivity contribution < 1.29 is 14.3 Å². The second-order valence-corrected chi connectivity index (χ2v) is 8.42. The summed E-state index contributed by atoms with van der Waals surface area (Å²) in [6, 6.07) is 0. The van der Waals surface area contributed by atoms with Gasteiger partial charge in [-0.3, -0.25) is 14.5 Å². The number of ketones is 1. The van der Waals surface area contributed by atoms with Crippen LogP contribution in [0.3, 0.4) is 0 Å². The molecule has 5 heteroatoms. The standard InChI is InChI=1S/C20H28N2O3/c1-13-16(23)5-7-20(2)6-4-14-15(19(24)25-18(14)17(13)20)12-22-10-8-21(3)9-11-22/h5,7,14-15,18H,4,6,8-12H2,1-3H3/t14-,15?,18-,20-/m0/s1. The van der Waals surface area contributed by atoms with Crippen molar-refractivity contribution in [1.82, 2.24) is 9.80 Å². The van der Waals surface area contributed by atoms with Crippen LogP contribution in [0.4, 0.5) is 0 Å². The third-order valence-electron chi connectivity index (χ3n) is 6.78. The number of hydrogen-bond acceptors (Lipinski definition) is 5. The molecule has 4 rings (SSSR count). The Bertz CT molecular complexity index is 660. The van der Waals surface area contributed by atoms with Gasteiger partial charge in [-0.05, 0) is 38.5 Å². The summed E-state index contributed by atoms with van der Waals surface area (Å²) in [5.74, 6) is 0.149. The van der Waals surface area contributed by atoms with Crippen molar-refractivity contribution in [1.29, 1.82) is 0 Å². The number of ether oxygens (including phenoxy) is 1. The third kappa shape index (κ3) is 2.77. The summed E-state index contributed by atoms with van der Waals surface area (Å²) in [6.07, 6.45) is 5.48. The summed E-state index contributed by atoms with van der Waals surface area (Å²) in [6.45, 7) is 8.99. The van der Waals surface area contributed by atoms with Gasteiger partial charge in [-0.1, -0.05) is 13.0 Å². The first-order chi connectivity index (χ1) is 11.9. The van der Waals surface area contributed by atoms with Gasteiger partial charge in [0.25, 0.3) is 0 Å². The highest BCUT2D eigenvalue weighted by Gasteiger charge is 2.54.